The maximum Gasteiger partial charge on any atom is 0.248 e. The number of hydrogen-bond donors (Lipinski definition) is 1. The second kappa shape index (κ2) is 6.99. The highest BCUT2D eigenvalue weighted by Gasteiger charge is 2.39. The molecule has 0 unspecified atom stereocenters. The molecule has 2 heterocycles. The first-order chi connectivity index (χ1) is 12.5. The summed E-state index contributed by atoms with van der Waals surface area (Å²) < 4.78 is 32.6. The molecule has 1 aromatic carbocycles. The van der Waals surface area contributed by atoms with E-state index in [4.69, 9.17) is 4.42 Å². The number of carbonyl (C=O) groups is 1. The molecule has 4 nitrogen and oxygen atoms in total. The number of nitrogens with one attached hydrogen (secondary N) is 1. The number of hydrogen-bond acceptors (Lipinski definition) is 3. The molecule has 0 bridgehead atoms. The summed E-state index contributed by atoms with van der Waals surface area (Å²) in [6, 6.07) is 7.47. The van der Waals surface area contributed by atoms with Crippen molar-refractivity contribution in [2.45, 2.75) is 63.1 Å². The topological polar surface area (TPSA) is 45.5 Å². The molecular weight excluding hydrogens is 338 g/mol. The fourth-order valence-electron chi connectivity index (χ4n) is 4.11. The summed E-state index contributed by atoms with van der Waals surface area (Å²) in [7, 11) is 0. The van der Waals surface area contributed by atoms with E-state index in [9.17, 15) is 13.6 Å². The first-order valence-corrected chi connectivity index (χ1v) is 9.40. The van der Waals surface area contributed by atoms with Crippen LogP contribution in [-0.4, -0.2) is 35.4 Å². The molecule has 1 aliphatic heterocycles. The quantitative estimate of drug-likeness (QED) is 0.891. The molecule has 2 aromatic rings. The summed E-state index contributed by atoms with van der Waals surface area (Å²) in [5.41, 5.74) is 1.75. The summed E-state index contributed by atoms with van der Waals surface area (Å²) >= 11 is 0. The van der Waals surface area contributed by atoms with Crippen LogP contribution in [0.1, 0.15) is 44.1 Å². The third kappa shape index (κ3) is 3.61. The van der Waals surface area contributed by atoms with Gasteiger partial charge in [-0.2, -0.15) is 0 Å². The summed E-state index contributed by atoms with van der Waals surface area (Å²) in [6.45, 7) is 1.27. The number of benzene rings is 1. The van der Waals surface area contributed by atoms with Crippen molar-refractivity contribution in [1.82, 2.24) is 10.2 Å². The zero-order chi connectivity index (χ0) is 18.1. The van der Waals surface area contributed by atoms with Crippen molar-refractivity contribution in [2.75, 3.05) is 6.54 Å². The number of furan rings is 1. The van der Waals surface area contributed by atoms with Crippen LogP contribution in [0, 0.1) is 0 Å². The highest BCUT2D eigenvalue weighted by atomic mass is 19.3. The third-order valence-electron chi connectivity index (χ3n) is 5.64. The van der Waals surface area contributed by atoms with Gasteiger partial charge in [-0.1, -0.05) is 12.1 Å². The van der Waals surface area contributed by atoms with Crippen molar-refractivity contribution in [3.63, 3.8) is 0 Å². The molecule has 1 amide bonds. The maximum atomic E-state index is 13.6. The fourth-order valence-corrected chi connectivity index (χ4v) is 4.11. The van der Waals surface area contributed by atoms with Gasteiger partial charge >= 0.3 is 0 Å². The van der Waals surface area contributed by atoms with E-state index in [0.29, 0.717) is 19.4 Å². The van der Waals surface area contributed by atoms with Crippen molar-refractivity contribution in [3.05, 3.63) is 36.1 Å². The monoisotopic (exact) mass is 362 g/mol. The molecule has 1 atom stereocenters. The number of alkyl halides is 2. The van der Waals surface area contributed by atoms with Crippen LogP contribution >= 0.6 is 0 Å². The second-order valence-electron chi connectivity index (χ2n) is 7.49. The van der Waals surface area contributed by atoms with Gasteiger partial charge in [0.05, 0.1) is 12.3 Å². The molecular formula is C20H24F2N2O2. The summed E-state index contributed by atoms with van der Waals surface area (Å²) in [4.78, 5) is 14.9. The SMILES string of the molecule is O=C([C@@H]1CCCN1)N(Cc1ccc2ccoc2c1)C1CCC(F)(F)CC1. The predicted molar refractivity (Wildman–Crippen MR) is 95.0 cm³/mol. The van der Waals surface area contributed by atoms with Gasteiger partial charge in [0.2, 0.25) is 11.8 Å². The van der Waals surface area contributed by atoms with Crippen molar-refractivity contribution in [3.8, 4) is 0 Å². The molecule has 1 saturated heterocycles. The smallest absolute Gasteiger partial charge is 0.248 e. The molecule has 4 rings (SSSR count). The molecule has 1 N–H and O–H groups in total. The van der Waals surface area contributed by atoms with E-state index in [2.05, 4.69) is 5.32 Å². The standard InChI is InChI=1S/C20H24F2N2O2/c21-20(22)8-5-16(6-9-20)24(19(25)17-2-1-10-23-17)13-14-3-4-15-7-11-26-18(15)12-14/h3-4,7,11-12,16-17,23H,1-2,5-6,8-10,13H2/t17-/m0/s1. The Morgan fingerprint density at radius 2 is 2.04 bits per heavy atom. The number of carbonyl (C=O) groups excluding carboxylic acids is 1. The number of amides is 1. The lowest BCUT2D eigenvalue weighted by molar-refractivity contribution is -0.139. The van der Waals surface area contributed by atoms with Crippen LogP contribution in [0.3, 0.4) is 0 Å². The average molecular weight is 362 g/mol. The Labute approximate surface area is 151 Å². The zero-order valence-electron chi connectivity index (χ0n) is 14.7. The normalized spacial score (nSPS) is 23.4. The summed E-state index contributed by atoms with van der Waals surface area (Å²) in [5, 5.41) is 4.26. The Kier molecular flexibility index (Phi) is 4.69. The second-order valence-corrected chi connectivity index (χ2v) is 7.49. The first kappa shape index (κ1) is 17.5. The van der Waals surface area contributed by atoms with Gasteiger partial charge in [-0.3, -0.25) is 4.79 Å². The summed E-state index contributed by atoms with van der Waals surface area (Å²) in [6.07, 6.45) is 3.86. The van der Waals surface area contributed by atoms with Gasteiger partial charge in [0, 0.05) is 30.8 Å². The van der Waals surface area contributed by atoms with Gasteiger partial charge in [-0.15, -0.1) is 0 Å². The average Bonchev–Trinajstić information content (AvgIpc) is 3.30. The summed E-state index contributed by atoms with van der Waals surface area (Å²) in [5.74, 6) is -2.55. The Hall–Kier alpha value is -1.95. The Balaban J connectivity index is 1.56. The van der Waals surface area contributed by atoms with E-state index in [-0.39, 0.29) is 30.8 Å². The minimum Gasteiger partial charge on any atom is -0.464 e. The molecule has 0 spiro atoms. The fraction of sp³-hybridized carbons (Fsp3) is 0.550. The lowest BCUT2D eigenvalue weighted by Gasteiger charge is -2.38. The van der Waals surface area contributed by atoms with Crippen molar-refractivity contribution in [1.29, 1.82) is 0 Å². The van der Waals surface area contributed by atoms with Gasteiger partial charge in [0.25, 0.3) is 0 Å². The van der Waals surface area contributed by atoms with Crippen LogP contribution in [0.15, 0.2) is 34.9 Å². The van der Waals surface area contributed by atoms with Crippen molar-refractivity contribution >= 4 is 16.9 Å². The van der Waals surface area contributed by atoms with E-state index in [0.717, 1.165) is 35.9 Å². The van der Waals surface area contributed by atoms with Crippen molar-refractivity contribution in [2.24, 2.45) is 0 Å². The van der Waals surface area contributed by atoms with E-state index >= 15 is 0 Å². The van der Waals surface area contributed by atoms with E-state index < -0.39 is 5.92 Å². The predicted octanol–water partition coefficient (Wildman–Crippen LogP) is 4.09. The minimum atomic E-state index is -2.59. The lowest BCUT2D eigenvalue weighted by Crippen LogP contribution is -2.50. The van der Waals surface area contributed by atoms with Gasteiger partial charge in [0.15, 0.2) is 0 Å². The number of fused-ring (bicyclic) bond motifs is 1. The Bertz CT molecular complexity index is 773. The Morgan fingerprint density at radius 3 is 2.77 bits per heavy atom. The minimum absolute atomic E-state index is 0.0391. The number of halogens is 2. The molecule has 2 fully saturated rings. The number of rotatable bonds is 4. The maximum absolute atomic E-state index is 13.6. The number of nitrogens with zero attached hydrogens (tertiary/aromatic N) is 1. The lowest BCUT2D eigenvalue weighted by atomic mass is 9.90. The van der Waals surface area contributed by atoms with Crippen LogP contribution < -0.4 is 5.32 Å². The molecule has 0 radical (unpaired) electrons. The molecule has 1 aliphatic carbocycles. The van der Waals surface area contributed by atoms with Crippen LogP contribution in [0.2, 0.25) is 0 Å². The molecule has 6 heteroatoms. The van der Waals surface area contributed by atoms with Crippen LogP contribution in [0.25, 0.3) is 11.0 Å². The van der Waals surface area contributed by atoms with E-state index in [1.165, 1.54) is 0 Å². The van der Waals surface area contributed by atoms with Crippen LogP contribution in [-0.2, 0) is 11.3 Å². The largest absolute Gasteiger partial charge is 0.464 e. The zero-order valence-corrected chi connectivity index (χ0v) is 14.7. The highest BCUT2D eigenvalue weighted by Crippen LogP contribution is 2.36. The van der Waals surface area contributed by atoms with Gasteiger partial charge in [-0.05, 0) is 49.9 Å². The van der Waals surface area contributed by atoms with Crippen LogP contribution in [0.4, 0.5) is 8.78 Å². The van der Waals surface area contributed by atoms with Crippen LogP contribution in [0.5, 0.6) is 0 Å². The van der Waals surface area contributed by atoms with E-state index in [1.54, 1.807) is 6.26 Å². The third-order valence-corrected chi connectivity index (χ3v) is 5.64. The first-order valence-electron chi connectivity index (χ1n) is 9.40. The van der Waals surface area contributed by atoms with Crippen molar-refractivity contribution < 1.29 is 18.0 Å². The molecule has 1 saturated carbocycles. The van der Waals surface area contributed by atoms with Gasteiger partial charge < -0.3 is 14.6 Å². The Morgan fingerprint density at radius 1 is 1.23 bits per heavy atom. The molecule has 1 aromatic heterocycles. The molecule has 26 heavy (non-hydrogen) atoms. The molecule has 140 valence electrons. The van der Waals surface area contributed by atoms with Gasteiger partial charge in [-0.25, -0.2) is 8.78 Å². The van der Waals surface area contributed by atoms with E-state index in [1.807, 2.05) is 29.2 Å². The highest BCUT2D eigenvalue weighted by molar-refractivity contribution is 5.83. The molecule has 2 aliphatic rings. The van der Waals surface area contributed by atoms with Gasteiger partial charge in [0.1, 0.15) is 5.58 Å².